The highest BCUT2D eigenvalue weighted by molar-refractivity contribution is 5.74. The Balaban J connectivity index is 2.19. The van der Waals surface area contributed by atoms with E-state index in [1.54, 1.807) is 13.3 Å². The fourth-order valence-electron chi connectivity index (χ4n) is 2.38. The Morgan fingerprint density at radius 1 is 1.44 bits per heavy atom. The smallest absolute Gasteiger partial charge is 0.310 e. The summed E-state index contributed by atoms with van der Waals surface area (Å²) in [6, 6.07) is 3.71. The highest BCUT2D eigenvalue weighted by Gasteiger charge is 2.36. The van der Waals surface area contributed by atoms with Gasteiger partial charge in [0, 0.05) is 19.3 Å². The second-order valence-corrected chi connectivity index (χ2v) is 4.54. The molecular formula is C13H18N2O3. The molecule has 98 valence electrons. The molecule has 0 aliphatic carbocycles. The number of hydrogen-bond donors (Lipinski definition) is 0. The normalized spacial score (nSPS) is 22.9. The Kier molecular flexibility index (Phi) is 3.69. The summed E-state index contributed by atoms with van der Waals surface area (Å²) in [4.78, 5) is 18.1. The molecule has 1 saturated heterocycles. The van der Waals surface area contributed by atoms with Crippen LogP contribution in [0.4, 0.5) is 5.82 Å². The lowest BCUT2D eigenvalue weighted by molar-refractivity contribution is -0.145. The van der Waals surface area contributed by atoms with Gasteiger partial charge in [0.05, 0.1) is 20.1 Å². The van der Waals surface area contributed by atoms with Crippen LogP contribution in [0.2, 0.25) is 0 Å². The third-order valence-electron chi connectivity index (χ3n) is 3.39. The molecule has 0 amide bonds. The van der Waals surface area contributed by atoms with Crippen molar-refractivity contribution in [3.63, 3.8) is 0 Å². The molecule has 0 bridgehead atoms. The molecule has 0 spiro atoms. The maximum atomic E-state index is 11.7. The van der Waals surface area contributed by atoms with Crippen molar-refractivity contribution in [3.8, 4) is 5.75 Å². The number of carbonyl (C=O) groups is 1. The molecule has 1 aromatic heterocycles. The average molecular weight is 250 g/mol. The third-order valence-corrected chi connectivity index (χ3v) is 3.39. The summed E-state index contributed by atoms with van der Waals surface area (Å²) in [5, 5.41) is 0. The van der Waals surface area contributed by atoms with Gasteiger partial charge in [-0.05, 0) is 18.1 Å². The first-order valence-electron chi connectivity index (χ1n) is 5.99. The second kappa shape index (κ2) is 5.25. The predicted octanol–water partition coefficient (Wildman–Crippen LogP) is 1.34. The number of anilines is 1. The molecule has 2 heterocycles. The summed E-state index contributed by atoms with van der Waals surface area (Å²) in [7, 11) is 3.05. The Hall–Kier alpha value is -1.78. The zero-order valence-corrected chi connectivity index (χ0v) is 10.9. The van der Waals surface area contributed by atoms with Crippen molar-refractivity contribution in [2.24, 2.45) is 11.8 Å². The lowest BCUT2D eigenvalue weighted by Gasteiger charge is -2.19. The number of methoxy groups -OCH3 is 2. The van der Waals surface area contributed by atoms with Gasteiger partial charge in [-0.3, -0.25) is 4.79 Å². The van der Waals surface area contributed by atoms with Gasteiger partial charge < -0.3 is 14.4 Å². The van der Waals surface area contributed by atoms with Crippen molar-refractivity contribution in [1.29, 1.82) is 0 Å². The molecule has 0 saturated carbocycles. The van der Waals surface area contributed by atoms with Crippen molar-refractivity contribution in [3.05, 3.63) is 18.3 Å². The van der Waals surface area contributed by atoms with Crippen LogP contribution < -0.4 is 9.64 Å². The molecule has 1 aliphatic heterocycles. The van der Waals surface area contributed by atoms with Crippen LogP contribution in [0.1, 0.15) is 6.92 Å². The average Bonchev–Trinajstić information content (AvgIpc) is 2.79. The molecule has 1 aliphatic rings. The number of esters is 1. The van der Waals surface area contributed by atoms with Gasteiger partial charge in [-0.15, -0.1) is 0 Å². The van der Waals surface area contributed by atoms with Crippen LogP contribution in [0.5, 0.6) is 5.75 Å². The highest BCUT2D eigenvalue weighted by Crippen LogP contribution is 2.32. The Morgan fingerprint density at radius 2 is 2.22 bits per heavy atom. The maximum absolute atomic E-state index is 11.7. The largest absolute Gasteiger partial charge is 0.493 e. The molecule has 2 unspecified atom stereocenters. The van der Waals surface area contributed by atoms with E-state index in [9.17, 15) is 4.79 Å². The van der Waals surface area contributed by atoms with Gasteiger partial charge in [0.25, 0.3) is 0 Å². The molecule has 1 fully saturated rings. The maximum Gasteiger partial charge on any atom is 0.310 e. The first-order valence-corrected chi connectivity index (χ1v) is 5.99. The van der Waals surface area contributed by atoms with Crippen molar-refractivity contribution in [2.45, 2.75) is 6.92 Å². The standard InChI is InChI=1S/C13H18N2O3/c1-9-7-15(8-10(9)13(16)18-3)12-11(17-2)5-4-6-14-12/h4-6,9-10H,7-8H2,1-3H3. The SMILES string of the molecule is COC(=O)C1CN(c2ncccc2OC)CC1C. The second-order valence-electron chi connectivity index (χ2n) is 4.54. The Bertz CT molecular complexity index is 436. The van der Waals surface area contributed by atoms with Gasteiger partial charge in [0.15, 0.2) is 11.6 Å². The van der Waals surface area contributed by atoms with Gasteiger partial charge in [0.2, 0.25) is 0 Å². The van der Waals surface area contributed by atoms with Gasteiger partial charge in [-0.25, -0.2) is 4.98 Å². The lowest BCUT2D eigenvalue weighted by Crippen LogP contribution is -2.25. The molecule has 0 aromatic carbocycles. The molecule has 5 heteroatoms. The van der Waals surface area contributed by atoms with E-state index >= 15 is 0 Å². The number of ether oxygens (including phenoxy) is 2. The minimum absolute atomic E-state index is 0.0956. The van der Waals surface area contributed by atoms with Crippen molar-refractivity contribution in [2.75, 3.05) is 32.2 Å². The van der Waals surface area contributed by atoms with Gasteiger partial charge in [0.1, 0.15) is 0 Å². The molecule has 0 radical (unpaired) electrons. The summed E-state index contributed by atoms with van der Waals surface area (Å²) < 4.78 is 10.1. The van der Waals surface area contributed by atoms with Crippen molar-refractivity contribution in [1.82, 2.24) is 4.98 Å². The molecule has 0 N–H and O–H groups in total. The lowest BCUT2D eigenvalue weighted by atomic mass is 9.99. The van der Waals surface area contributed by atoms with E-state index in [2.05, 4.69) is 16.8 Å². The molecular weight excluding hydrogens is 232 g/mol. The number of nitrogens with zero attached hydrogens (tertiary/aromatic N) is 2. The molecule has 5 nitrogen and oxygen atoms in total. The summed E-state index contributed by atoms with van der Waals surface area (Å²) in [5.74, 6) is 1.53. The predicted molar refractivity (Wildman–Crippen MR) is 67.7 cm³/mol. The van der Waals surface area contributed by atoms with E-state index in [0.29, 0.717) is 6.54 Å². The Morgan fingerprint density at radius 3 is 2.89 bits per heavy atom. The Labute approximate surface area is 107 Å². The fraction of sp³-hybridized carbons (Fsp3) is 0.538. The first-order chi connectivity index (χ1) is 8.67. The van der Waals surface area contributed by atoms with Crippen LogP contribution in [0.15, 0.2) is 18.3 Å². The summed E-state index contributed by atoms with van der Waals surface area (Å²) in [6.45, 7) is 3.46. The highest BCUT2D eigenvalue weighted by atomic mass is 16.5. The van der Waals surface area contributed by atoms with Crippen LogP contribution in [0.25, 0.3) is 0 Å². The number of aromatic nitrogens is 1. The number of rotatable bonds is 3. The first kappa shape index (κ1) is 12.7. The van der Waals surface area contributed by atoms with Gasteiger partial charge in [-0.1, -0.05) is 6.92 Å². The van der Waals surface area contributed by atoms with Crippen LogP contribution in [-0.4, -0.2) is 38.3 Å². The van der Waals surface area contributed by atoms with Crippen molar-refractivity contribution >= 4 is 11.8 Å². The summed E-state index contributed by atoms with van der Waals surface area (Å²) in [5.41, 5.74) is 0. The van der Waals surface area contributed by atoms with E-state index in [4.69, 9.17) is 9.47 Å². The van der Waals surface area contributed by atoms with E-state index in [1.807, 2.05) is 12.1 Å². The van der Waals surface area contributed by atoms with Crippen LogP contribution in [-0.2, 0) is 9.53 Å². The molecule has 2 atom stereocenters. The summed E-state index contributed by atoms with van der Waals surface area (Å²) in [6.07, 6.45) is 1.73. The topological polar surface area (TPSA) is 51.7 Å². The van der Waals surface area contributed by atoms with E-state index in [0.717, 1.165) is 18.1 Å². The van der Waals surface area contributed by atoms with E-state index in [-0.39, 0.29) is 17.8 Å². The van der Waals surface area contributed by atoms with Gasteiger partial charge >= 0.3 is 5.97 Å². The van der Waals surface area contributed by atoms with E-state index < -0.39 is 0 Å². The summed E-state index contributed by atoms with van der Waals surface area (Å²) >= 11 is 0. The third kappa shape index (κ3) is 2.25. The number of carbonyl (C=O) groups excluding carboxylic acids is 1. The zero-order valence-electron chi connectivity index (χ0n) is 10.9. The van der Waals surface area contributed by atoms with Gasteiger partial charge in [-0.2, -0.15) is 0 Å². The van der Waals surface area contributed by atoms with Crippen LogP contribution in [0, 0.1) is 11.8 Å². The monoisotopic (exact) mass is 250 g/mol. The fourth-order valence-corrected chi connectivity index (χ4v) is 2.38. The van der Waals surface area contributed by atoms with Crippen molar-refractivity contribution < 1.29 is 14.3 Å². The minimum atomic E-state index is -0.153. The van der Waals surface area contributed by atoms with Crippen LogP contribution in [0.3, 0.4) is 0 Å². The minimum Gasteiger partial charge on any atom is -0.493 e. The quantitative estimate of drug-likeness (QED) is 0.758. The molecule has 2 rings (SSSR count). The number of pyridine rings is 1. The zero-order chi connectivity index (χ0) is 13.1. The molecule has 1 aromatic rings. The number of hydrogen-bond acceptors (Lipinski definition) is 5. The van der Waals surface area contributed by atoms with Crippen LogP contribution >= 0.6 is 0 Å². The molecule has 18 heavy (non-hydrogen) atoms. The van der Waals surface area contributed by atoms with E-state index in [1.165, 1.54) is 7.11 Å².